The molecule has 14 nitrogen and oxygen atoms in total. The quantitative estimate of drug-likeness (QED) is 0.0829. The van der Waals surface area contributed by atoms with Gasteiger partial charge in [-0.05, 0) is 146 Å². The van der Waals surface area contributed by atoms with Gasteiger partial charge in [0.1, 0.15) is 24.7 Å². The number of aryl methyl sites for hydroxylation is 6. The number of carboxylic acids is 2. The highest BCUT2D eigenvalue weighted by atomic mass is 32.3. The van der Waals surface area contributed by atoms with E-state index < -0.39 is 32.0 Å². The minimum Gasteiger partial charge on any atom is -0.487 e. The third kappa shape index (κ3) is 11.7. The smallest absolute Gasteiger partial charge is 0.335 e. The van der Waals surface area contributed by atoms with Crippen molar-refractivity contribution in [1.29, 1.82) is 0 Å². The van der Waals surface area contributed by atoms with Gasteiger partial charge in [0.25, 0.3) is 20.0 Å². The number of hydrogen-bond acceptors (Lipinski definition) is 12. The Balaban J connectivity index is 0.000000201. The summed E-state index contributed by atoms with van der Waals surface area (Å²) >= 11 is 2.24. The van der Waals surface area contributed by atoms with E-state index in [4.69, 9.17) is 19.7 Å². The fourth-order valence-electron chi connectivity index (χ4n) is 8.01. The van der Waals surface area contributed by atoms with Gasteiger partial charge in [-0.1, -0.05) is 52.0 Å². The van der Waals surface area contributed by atoms with Gasteiger partial charge in [-0.2, -0.15) is 16.8 Å². The zero-order valence-electron chi connectivity index (χ0n) is 38.9. The van der Waals surface area contributed by atoms with Crippen LogP contribution in [0.25, 0.3) is 0 Å². The first-order valence-electron chi connectivity index (χ1n) is 22.4. The van der Waals surface area contributed by atoms with Crippen LogP contribution in [-0.4, -0.2) is 62.0 Å². The molecule has 2 aromatic heterocycles. The van der Waals surface area contributed by atoms with Crippen LogP contribution in [0.5, 0.6) is 11.5 Å². The van der Waals surface area contributed by atoms with E-state index in [-0.39, 0.29) is 44.9 Å². The second-order valence-corrected chi connectivity index (χ2v) is 23.6. The van der Waals surface area contributed by atoms with Gasteiger partial charge in [0.2, 0.25) is 8.68 Å². The molecule has 8 rings (SSSR count). The van der Waals surface area contributed by atoms with Crippen LogP contribution in [-0.2, 0) is 58.9 Å². The highest BCUT2D eigenvalue weighted by molar-refractivity contribution is 7.95. The van der Waals surface area contributed by atoms with Crippen LogP contribution < -0.4 is 18.1 Å². The second-order valence-electron chi connectivity index (χ2n) is 17.8. The lowest BCUT2D eigenvalue weighted by atomic mass is 10.1. The average molecular weight is 1000 g/mol. The van der Waals surface area contributed by atoms with Gasteiger partial charge in [-0.15, -0.1) is 22.7 Å². The standard InChI is InChI=1S/2C25H28N2O5S2/c2*1-16(2)13-27(34(30,31)25-26-17(3)15-33-25)22-11-20-5-4-6-21(20)12-23(22)32-14-18-7-9-19(10-8-18)24(28)29/h2*7-12,15-16H,4-6,13-14H2,1-3H3,(H,28,29). The van der Waals surface area contributed by atoms with Crippen molar-refractivity contribution in [3.8, 4) is 11.5 Å². The maximum Gasteiger partial charge on any atom is 0.335 e. The van der Waals surface area contributed by atoms with Crippen LogP contribution in [0.4, 0.5) is 11.4 Å². The van der Waals surface area contributed by atoms with Gasteiger partial charge in [-0.25, -0.2) is 19.6 Å². The van der Waals surface area contributed by atoms with Gasteiger partial charge in [0, 0.05) is 35.2 Å². The monoisotopic (exact) mass is 1000 g/mol. The summed E-state index contributed by atoms with van der Waals surface area (Å²) in [5.74, 6) is -0.803. The van der Waals surface area contributed by atoms with E-state index in [0.29, 0.717) is 47.4 Å². The largest absolute Gasteiger partial charge is 0.487 e. The maximum atomic E-state index is 13.7. The second kappa shape index (κ2) is 21.2. The minimum atomic E-state index is -3.87. The number of benzene rings is 4. The summed E-state index contributed by atoms with van der Waals surface area (Å²) in [4.78, 5) is 30.8. The molecule has 0 bridgehead atoms. The third-order valence-electron chi connectivity index (χ3n) is 11.4. The molecule has 0 atom stereocenters. The molecule has 18 heteroatoms. The number of anilines is 2. The van der Waals surface area contributed by atoms with Crippen molar-refractivity contribution in [2.45, 2.75) is 102 Å². The number of rotatable bonds is 18. The number of hydrogen-bond donors (Lipinski definition) is 2. The van der Waals surface area contributed by atoms with E-state index in [1.807, 2.05) is 52.0 Å². The molecule has 68 heavy (non-hydrogen) atoms. The fourth-order valence-corrected chi connectivity index (χ4v) is 13.5. The molecule has 6 aromatic rings. The molecule has 0 fully saturated rings. The summed E-state index contributed by atoms with van der Waals surface area (Å²) in [5.41, 5.74) is 9.01. The van der Waals surface area contributed by atoms with Crippen LogP contribution in [0.15, 0.2) is 92.2 Å². The van der Waals surface area contributed by atoms with Gasteiger partial charge in [0.15, 0.2) is 0 Å². The molecule has 2 aliphatic rings. The molecule has 2 N–H and O–H groups in total. The Morgan fingerprint density at radius 1 is 0.588 bits per heavy atom. The number of sulfonamides is 2. The molecular formula is C50H56N4O10S4. The van der Waals surface area contributed by atoms with Crippen molar-refractivity contribution in [1.82, 2.24) is 9.97 Å². The van der Waals surface area contributed by atoms with E-state index in [1.54, 1.807) is 48.9 Å². The van der Waals surface area contributed by atoms with E-state index in [1.165, 1.54) is 44.0 Å². The molecule has 0 saturated heterocycles. The maximum absolute atomic E-state index is 13.7. The number of thiazole rings is 2. The number of carbonyl (C=O) groups is 2. The normalized spacial score (nSPS) is 13.2. The number of aromatic nitrogens is 2. The van der Waals surface area contributed by atoms with Crippen LogP contribution in [0.2, 0.25) is 0 Å². The molecule has 0 aliphatic heterocycles. The fraction of sp³-hybridized carbons (Fsp3) is 0.360. The average Bonchev–Trinajstić information content (AvgIpc) is 4.14. The van der Waals surface area contributed by atoms with Gasteiger partial charge in [-0.3, -0.25) is 8.61 Å². The molecule has 2 aliphatic carbocycles. The van der Waals surface area contributed by atoms with E-state index >= 15 is 0 Å². The summed E-state index contributed by atoms with van der Waals surface area (Å²) in [6.07, 6.45) is 5.73. The summed E-state index contributed by atoms with van der Waals surface area (Å²) in [5, 5.41) is 21.7. The van der Waals surface area contributed by atoms with Crippen LogP contribution in [0.3, 0.4) is 0 Å². The van der Waals surface area contributed by atoms with Crippen LogP contribution >= 0.6 is 22.7 Å². The lowest BCUT2D eigenvalue weighted by molar-refractivity contribution is 0.0686. The van der Waals surface area contributed by atoms with Crippen molar-refractivity contribution in [2.75, 3.05) is 21.7 Å². The van der Waals surface area contributed by atoms with Crippen LogP contribution in [0.1, 0.15) is 106 Å². The number of aromatic carboxylic acids is 2. The van der Waals surface area contributed by atoms with Crippen molar-refractivity contribution < 1.29 is 46.1 Å². The van der Waals surface area contributed by atoms with Gasteiger partial charge >= 0.3 is 11.9 Å². The molecule has 4 aromatic carbocycles. The number of carboxylic acid groups (broad SMARTS) is 2. The van der Waals surface area contributed by atoms with Crippen LogP contribution in [0, 0.1) is 25.7 Å². The lowest BCUT2D eigenvalue weighted by Gasteiger charge is -2.28. The highest BCUT2D eigenvalue weighted by Gasteiger charge is 2.34. The first-order chi connectivity index (χ1) is 32.3. The highest BCUT2D eigenvalue weighted by Crippen LogP contribution is 2.41. The molecular weight excluding hydrogens is 945 g/mol. The molecule has 0 unspecified atom stereocenters. The summed E-state index contributed by atoms with van der Waals surface area (Å²) in [6, 6.07) is 20.8. The Morgan fingerprint density at radius 2 is 0.926 bits per heavy atom. The summed E-state index contributed by atoms with van der Waals surface area (Å²) < 4.78 is 70.0. The van der Waals surface area contributed by atoms with Crippen molar-refractivity contribution in [3.05, 3.63) is 139 Å². The Bertz CT molecular complexity index is 2800. The first kappa shape index (κ1) is 50.1. The predicted octanol–water partition coefficient (Wildman–Crippen LogP) is 10.1. The Labute approximate surface area is 406 Å². The topological polar surface area (TPSA) is 194 Å². The van der Waals surface area contributed by atoms with E-state index in [9.17, 15) is 26.4 Å². The predicted molar refractivity (Wildman–Crippen MR) is 265 cm³/mol. The summed E-state index contributed by atoms with van der Waals surface area (Å²) in [7, 11) is -7.74. The van der Waals surface area contributed by atoms with Crippen molar-refractivity contribution in [2.24, 2.45) is 11.8 Å². The SMILES string of the molecule is Cc1csc(S(=O)(=O)N(CC(C)C)c2cc3c(cc2OCc2ccc(C(=O)O)cc2)CCC3)n1.Cc1csc(S(=O)(=O)N(CC(C)C)c2cc3c(cc2OCc2ccc(C(=O)O)cc2)CCC3)n1. The van der Waals surface area contributed by atoms with E-state index in [2.05, 4.69) is 9.97 Å². The zero-order valence-corrected chi connectivity index (χ0v) is 42.2. The molecule has 2 heterocycles. The molecule has 0 spiro atoms. The number of ether oxygens (including phenoxy) is 2. The Hall–Kier alpha value is -5.82. The van der Waals surface area contributed by atoms with Crippen molar-refractivity contribution >= 4 is 66.0 Å². The Morgan fingerprint density at radius 3 is 1.22 bits per heavy atom. The van der Waals surface area contributed by atoms with E-state index in [0.717, 1.165) is 83.5 Å². The third-order valence-corrected chi connectivity index (χ3v) is 17.6. The first-order valence-corrected chi connectivity index (χ1v) is 27.1. The lowest BCUT2D eigenvalue weighted by Crippen LogP contribution is -2.34. The van der Waals surface area contributed by atoms with Gasteiger partial charge in [0.05, 0.1) is 22.5 Å². The number of nitrogens with zero attached hydrogens (tertiary/aromatic N) is 4. The zero-order chi connectivity index (χ0) is 48.9. The molecule has 360 valence electrons. The molecule has 0 saturated carbocycles. The Kier molecular flexibility index (Phi) is 15.6. The van der Waals surface area contributed by atoms with Gasteiger partial charge < -0.3 is 19.7 Å². The summed E-state index contributed by atoms with van der Waals surface area (Å²) in [6.45, 7) is 12.5. The minimum absolute atomic E-state index is 0.0707. The molecule has 0 radical (unpaired) electrons. The molecule has 0 amide bonds. The number of fused-ring (bicyclic) bond motifs is 2. The van der Waals surface area contributed by atoms with Crippen molar-refractivity contribution in [3.63, 3.8) is 0 Å².